The molecule has 3 heterocycles. The highest BCUT2D eigenvalue weighted by Gasteiger charge is 2.33. The van der Waals surface area contributed by atoms with Gasteiger partial charge in [-0.25, -0.2) is 4.98 Å². The topological polar surface area (TPSA) is 33.5 Å². The van der Waals surface area contributed by atoms with Crippen molar-refractivity contribution in [2.45, 2.75) is 126 Å². The van der Waals surface area contributed by atoms with E-state index in [1.807, 2.05) is 6.20 Å². The monoisotopic (exact) mass is 761 g/mol. The van der Waals surface area contributed by atoms with Crippen molar-refractivity contribution in [1.82, 2.24) is 9.55 Å². The summed E-state index contributed by atoms with van der Waals surface area (Å²) < 4.78 is 9.07. The van der Waals surface area contributed by atoms with E-state index in [4.69, 9.17) is 9.72 Å². The molecule has 1 aliphatic heterocycles. The Balaban J connectivity index is 1.27. The summed E-state index contributed by atoms with van der Waals surface area (Å²) in [4.78, 5) is 9.79. The Morgan fingerprint density at radius 2 is 1.11 bits per heavy atom. The number of fused-ring (bicyclic) bond motifs is 3. The third kappa shape index (κ3) is 8.08. The Hall–Kier alpha value is -5.03. The van der Waals surface area contributed by atoms with Gasteiger partial charge in [0, 0.05) is 57.8 Å². The van der Waals surface area contributed by atoms with Crippen LogP contribution in [0.3, 0.4) is 0 Å². The van der Waals surface area contributed by atoms with E-state index in [9.17, 15) is 0 Å². The van der Waals surface area contributed by atoms with Gasteiger partial charge in [-0.1, -0.05) is 122 Å². The van der Waals surface area contributed by atoms with Gasteiger partial charge in [-0.3, -0.25) is 4.57 Å². The lowest BCUT2D eigenvalue weighted by atomic mass is 9.80. The third-order valence-corrected chi connectivity index (χ3v) is 11.4. The number of allylic oxidation sites excluding steroid dienone is 1. The maximum atomic E-state index is 6.77. The first kappa shape index (κ1) is 40.2. The van der Waals surface area contributed by atoms with Crippen LogP contribution >= 0.6 is 0 Å². The highest BCUT2D eigenvalue weighted by molar-refractivity contribution is 6.09. The van der Waals surface area contributed by atoms with Crippen LogP contribution in [0.1, 0.15) is 126 Å². The predicted octanol–water partition coefficient (Wildman–Crippen LogP) is 14.3. The summed E-state index contributed by atoms with van der Waals surface area (Å²) in [5.41, 5.74) is 11.1. The average molecular weight is 761 g/mol. The van der Waals surface area contributed by atoms with E-state index in [0.717, 1.165) is 40.7 Å². The molecule has 0 aliphatic carbocycles. The van der Waals surface area contributed by atoms with Crippen molar-refractivity contribution in [2.24, 2.45) is 5.41 Å². The molecule has 0 saturated heterocycles. The first-order chi connectivity index (χ1) is 26.4. The van der Waals surface area contributed by atoms with E-state index in [1.165, 1.54) is 44.4 Å². The molecule has 0 fully saturated rings. The normalized spacial score (nSPS) is 14.5. The summed E-state index contributed by atoms with van der Waals surface area (Å²) in [6.07, 6.45) is 4.29. The van der Waals surface area contributed by atoms with Gasteiger partial charge in [-0.2, -0.15) is 0 Å². The highest BCUT2D eigenvalue weighted by Crippen LogP contribution is 2.42. The maximum Gasteiger partial charge on any atom is 0.137 e. The summed E-state index contributed by atoms with van der Waals surface area (Å²) in [5, 5.41) is 2.40. The molecule has 0 amide bonds. The van der Waals surface area contributed by atoms with Gasteiger partial charge in [0.25, 0.3) is 0 Å². The van der Waals surface area contributed by atoms with Crippen LogP contribution in [0.2, 0.25) is 0 Å². The van der Waals surface area contributed by atoms with Crippen LogP contribution in [0.15, 0.2) is 109 Å². The van der Waals surface area contributed by atoms with Gasteiger partial charge in [-0.15, -0.1) is 0 Å². The lowest BCUT2D eigenvalue weighted by Crippen LogP contribution is -2.30. The molecule has 1 aliphatic rings. The van der Waals surface area contributed by atoms with E-state index < -0.39 is 0 Å². The standard InChI is InChI=1S/C52H64N4O/c1-48(2,3)34-19-22-44-43(28-34)42-21-20-41(31-45(42)56(44)47-29-35(23-24-53-47)49(4,5)6)57-40-18-16-17-38(30-40)55-33-54(32-46(55)52(13,14)15)39-26-36(50(7,8)9)25-37(27-39)51(10,11)12/h16-32H,33H2,1-15H3. The van der Waals surface area contributed by atoms with Gasteiger partial charge in [0.1, 0.15) is 17.3 Å². The number of aromatic nitrogens is 2. The lowest BCUT2D eigenvalue weighted by Gasteiger charge is -2.31. The first-order valence-electron chi connectivity index (χ1n) is 20.6. The van der Waals surface area contributed by atoms with Crippen LogP contribution in [0.25, 0.3) is 27.6 Å². The van der Waals surface area contributed by atoms with Crippen molar-refractivity contribution in [2.75, 3.05) is 16.5 Å². The van der Waals surface area contributed by atoms with Crippen LogP contribution in [0.5, 0.6) is 11.5 Å². The average Bonchev–Trinajstić information content (AvgIpc) is 3.71. The molecule has 298 valence electrons. The first-order valence-corrected chi connectivity index (χ1v) is 20.6. The van der Waals surface area contributed by atoms with Gasteiger partial charge in [0.15, 0.2) is 0 Å². The number of benzene rings is 4. The molecule has 6 aromatic rings. The predicted molar refractivity (Wildman–Crippen MR) is 244 cm³/mol. The van der Waals surface area contributed by atoms with Crippen LogP contribution < -0.4 is 14.5 Å². The number of hydrogen-bond donors (Lipinski definition) is 0. The zero-order valence-corrected chi connectivity index (χ0v) is 37.2. The number of pyridine rings is 1. The molecule has 5 nitrogen and oxygen atoms in total. The van der Waals surface area contributed by atoms with E-state index in [1.54, 1.807) is 0 Å². The Labute approximate surface area is 342 Å². The van der Waals surface area contributed by atoms with Gasteiger partial charge in [-0.05, 0) is 105 Å². The van der Waals surface area contributed by atoms with E-state index in [2.05, 4.69) is 215 Å². The molecule has 57 heavy (non-hydrogen) atoms. The molecule has 2 aromatic heterocycles. The van der Waals surface area contributed by atoms with E-state index in [-0.39, 0.29) is 27.1 Å². The zero-order valence-electron chi connectivity index (χ0n) is 37.2. The van der Waals surface area contributed by atoms with Gasteiger partial charge < -0.3 is 14.5 Å². The van der Waals surface area contributed by atoms with Crippen LogP contribution in [0, 0.1) is 5.41 Å². The van der Waals surface area contributed by atoms with Crippen LogP contribution in [-0.2, 0) is 21.7 Å². The van der Waals surface area contributed by atoms with Crippen LogP contribution in [0.4, 0.5) is 11.4 Å². The SMILES string of the molecule is CC(C)(C)C1=CN(c2cc(C(C)(C)C)cc(C(C)(C)C)c2)CN1c1cccc(Oc2ccc3c4cc(C(C)(C)C)ccc4n(-c4cc(C(C)(C)C)ccn4)c3c2)c1. The minimum Gasteiger partial charge on any atom is -0.457 e. The zero-order chi connectivity index (χ0) is 41.5. The second-order valence-corrected chi connectivity index (χ2v) is 21.3. The molecule has 0 radical (unpaired) electrons. The number of anilines is 2. The fourth-order valence-corrected chi connectivity index (χ4v) is 7.74. The molecule has 0 N–H and O–H groups in total. The lowest BCUT2D eigenvalue weighted by molar-refractivity contribution is 0.481. The largest absolute Gasteiger partial charge is 0.457 e. The Morgan fingerprint density at radius 1 is 0.491 bits per heavy atom. The quantitative estimate of drug-likeness (QED) is 0.175. The molecule has 0 spiro atoms. The molecule has 5 heteroatoms. The minimum absolute atomic E-state index is 0.00458. The summed E-state index contributed by atoms with van der Waals surface area (Å²) in [7, 11) is 0. The smallest absolute Gasteiger partial charge is 0.137 e. The number of hydrogen-bond acceptors (Lipinski definition) is 4. The number of ether oxygens (including phenoxy) is 1. The number of nitrogens with zero attached hydrogens (tertiary/aromatic N) is 4. The maximum absolute atomic E-state index is 6.77. The highest BCUT2D eigenvalue weighted by atomic mass is 16.5. The molecule has 0 atom stereocenters. The summed E-state index contributed by atoms with van der Waals surface area (Å²) in [6, 6.07) is 33.4. The second kappa shape index (κ2) is 13.8. The summed E-state index contributed by atoms with van der Waals surface area (Å²) in [6.45, 7) is 35.0. The minimum atomic E-state index is -0.0796. The molecule has 4 aromatic carbocycles. The van der Waals surface area contributed by atoms with Crippen molar-refractivity contribution in [3.63, 3.8) is 0 Å². The van der Waals surface area contributed by atoms with Crippen molar-refractivity contribution in [3.05, 3.63) is 131 Å². The Morgan fingerprint density at radius 3 is 1.72 bits per heavy atom. The summed E-state index contributed by atoms with van der Waals surface area (Å²) >= 11 is 0. The van der Waals surface area contributed by atoms with Gasteiger partial charge >= 0.3 is 0 Å². The molecular formula is C52H64N4O. The molecule has 7 rings (SSSR count). The Bertz CT molecular complexity index is 2470. The second-order valence-electron chi connectivity index (χ2n) is 21.3. The van der Waals surface area contributed by atoms with Crippen molar-refractivity contribution < 1.29 is 4.74 Å². The molecule has 0 bridgehead atoms. The van der Waals surface area contributed by atoms with E-state index >= 15 is 0 Å². The van der Waals surface area contributed by atoms with Crippen molar-refractivity contribution >= 4 is 33.2 Å². The fourth-order valence-electron chi connectivity index (χ4n) is 7.74. The van der Waals surface area contributed by atoms with Crippen molar-refractivity contribution in [1.29, 1.82) is 0 Å². The third-order valence-electron chi connectivity index (χ3n) is 11.4. The van der Waals surface area contributed by atoms with Crippen molar-refractivity contribution in [3.8, 4) is 17.3 Å². The molecular weight excluding hydrogens is 697 g/mol. The van der Waals surface area contributed by atoms with Gasteiger partial charge in [0.2, 0.25) is 0 Å². The van der Waals surface area contributed by atoms with E-state index in [0.29, 0.717) is 0 Å². The molecule has 0 unspecified atom stereocenters. The Kier molecular flexibility index (Phi) is 9.74. The molecule has 0 saturated carbocycles. The fraction of sp³-hybridized carbons (Fsp3) is 0.404. The number of rotatable bonds is 5. The summed E-state index contributed by atoms with van der Waals surface area (Å²) in [5.74, 6) is 2.50. The van der Waals surface area contributed by atoms with Gasteiger partial charge in [0.05, 0.1) is 17.7 Å². The van der Waals surface area contributed by atoms with Crippen LogP contribution in [-0.4, -0.2) is 16.2 Å².